The molecule has 0 aliphatic heterocycles. The van der Waals surface area contributed by atoms with E-state index in [-0.39, 0.29) is 16.6 Å². The molecule has 0 unspecified atom stereocenters. The van der Waals surface area contributed by atoms with E-state index in [1.54, 1.807) is 36.4 Å². The zero-order chi connectivity index (χ0) is 21.6. The van der Waals surface area contributed by atoms with Gasteiger partial charge in [0.15, 0.2) is 0 Å². The van der Waals surface area contributed by atoms with Gasteiger partial charge in [-0.1, -0.05) is 19.3 Å². The van der Waals surface area contributed by atoms with E-state index in [4.69, 9.17) is 9.47 Å². The fourth-order valence-electron chi connectivity index (χ4n) is 3.70. The van der Waals surface area contributed by atoms with Crippen LogP contribution in [0.5, 0.6) is 11.5 Å². The number of carbonyl (C=O) groups is 1. The van der Waals surface area contributed by atoms with Gasteiger partial charge in [0.05, 0.1) is 14.2 Å². The number of amides is 1. The lowest BCUT2D eigenvalue weighted by atomic mass is 9.87. The molecular weight excluding hydrogens is 404 g/mol. The van der Waals surface area contributed by atoms with Crippen LogP contribution in [0.15, 0.2) is 47.4 Å². The van der Waals surface area contributed by atoms with E-state index in [0.29, 0.717) is 29.5 Å². The maximum Gasteiger partial charge on any atom is 0.265 e. The summed E-state index contributed by atoms with van der Waals surface area (Å²) in [5.74, 6) is 1.12. The topological polar surface area (TPSA) is 93.7 Å². The molecule has 0 heterocycles. The predicted octanol–water partition coefficient (Wildman–Crippen LogP) is 4.41. The van der Waals surface area contributed by atoms with Crippen molar-refractivity contribution in [3.05, 3.63) is 42.5 Å². The van der Waals surface area contributed by atoms with Crippen molar-refractivity contribution in [3.63, 3.8) is 0 Å². The van der Waals surface area contributed by atoms with E-state index in [0.717, 1.165) is 12.8 Å². The molecule has 0 atom stereocenters. The molecule has 8 heteroatoms. The zero-order valence-electron chi connectivity index (χ0n) is 17.3. The number of ether oxygens (including phenoxy) is 2. The summed E-state index contributed by atoms with van der Waals surface area (Å²) < 4.78 is 38.8. The molecule has 2 aromatic carbocycles. The third-order valence-corrected chi connectivity index (χ3v) is 6.68. The predicted molar refractivity (Wildman–Crippen MR) is 117 cm³/mol. The van der Waals surface area contributed by atoms with Crippen LogP contribution < -0.4 is 19.5 Å². The zero-order valence-corrected chi connectivity index (χ0v) is 18.1. The van der Waals surface area contributed by atoms with Gasteiger partial charge >= 0.3 is 0 Å². The van der Waals surface area contributed by atoms with Gasteiger partial charge < -0.3 is 14.8 Å². The molecule has 0 aromatic heterocycles. The van der Waals surface area contributed by atoms with Crippen LogP contribution in [0.1, 0.15) is 38.5 Å². The number of hydrogen-bond acceptors (Lipinski definition) is 5. The van der Waals surface area contributed by atoms with Crippen molar-refractivity contribution in [2.75, 3.05) is 24.3 Å². The summed E-state index contributed by atoms with van der Waals surface area (Å²) in [5.41, 5.74) is 0.816. The Labute approximate surface area is 177 Å². The third kappa shape index (κ3) is 5.66. The molecule has 0 radical (unpaired) electrons. The minimum atomic E-state index is -3.93. The summed E-state index contributed by atoms with van der Waals surface area (Å²) in [6.07, 6.45) is 6.17. The average molecular weight is 433 g/mol. The van der Waals surface area contributed by atoms with Crippen LogP contribution in [0.4, 0.5) is 11.4 Å². The molecule has 1 aliphatic carbocycles. The number of hydrogen-bond donors (Lipinski definition) is 2. The molecule has 0 spiro atoms. The second kappa shape index (κ2) is 9.84. The Balaban J connectivity index is 1.76. The van der Waals surface area contributed by atoms with Crippen molar-refractivity contribution in [1.29, 1.82) is 0 Å². The number of benzene rings is 2. The maximum atomic E-state index is 13.0. The van der Waals surface area contributed by atoms with Crippen LogP contribution in [-0.4, -0.2) is 28.5 Å². The molecule has 0 bridgehead atoms. The van der Waals surface area contributed by atoms with Crippen molar-refractivity contribution in [2.45, 2.75) is 43.4 Å². The van der Waals surface area contributed by atoms with E-state index >= 15 is 0 Å². The largest absolute Gasteiger partial charge is 0.497 e. The highest BCUT2D eigenvalue weighted by Crippen LogP contribution is 2.30. The number of methoxy groups -OCH3 is 2. The van der Waals surface area contributed by atoms with Gasteiger partial charge in [-0.3, -0.25) is 9.52 Å². The van der Waals surface area contributed by atoms with Crippen LogP contribution in [0.2, 0.25) is 0 Å². The Morgan fingerprint density at radius 1 is 0.967 bits per heavy atom. The lowest BCUT2D eigenvalue weighted by molar-refractivity contribution is -0.117. The standard InChI is InChI=1S/C22H28N2O5S/c1-28-19-11-8-17(9-12-19)24-30(26,27)21-15-18(10-13-20(21)29-2)23-22(25)14-16-6-4-3-5-7-16/h8-13,15-16,24H,3-7,14H2,1-2H3,(H,23,25). The Kier molecular flexibility index (Phi) is 7.20. The van der Waals surface area contributed by atoms with E-state index in [1.165, 1.54) is 39.5 Å². The lowest BCUT2D eigenvalue weighted by Crippen LogP contribution is -2.19. The fraction of sp³-hybridized carbons (Fsp3) is 0.409. The van der Waals surface area contributed by atoms with E-state index in [2.05, 4.69) is 10.0 Å². The summed E-state index contributed by atoms with van der Waals surface area (Å²) in [7, 11) is -0.983. The number of carbonyl (C=O) groups excluding carboxylic acids is 1. The molecule has 1 fully saturated rings. The van der Waals surface area contributed by atoms with Gasteiger partial charge in [-0.25, -0.2) is 8.42 Å². The number of rotatable bonds is 8. The smallest absolute Gasteiger partial charge is 0.265 e. The molecular formula is C22H28N2O5S. The van der Waals surface area contributed by atoms with Crippen LogP contribution >= 0.6 is 0 Å². The molecule has 3 rings (SSSR count). The second-order valence-electron chi connectivity index (χ2n) is 7.46. The first-order chi connectivity index (χ1) is 14.4. The molecule has 1 amide bonds. The third-order valence-electron chi connectivity index (χ3n) is 5.28. The maximum absolute atomic E-state index is 13.0. The first kappa shape index (κ1) is 22.0. The second-order valence-corrected chi connectivity index (χ2v) is 9.11. The normalized spacial score (nSPS) is 14.7. The van der Waals surface area contributed by atoms with E-state index < -0.39 is 10.0 Å². The van der Waals surface area contributed by atoms with Crippen LogP contribution in [0, 0.1) is 5.92 Å². The Morgan fingerprint density at radius 3 is 2.27 bits per heavy atom. The van der Waals surface area contributed by atoms with Gasteiger partial charge in [0.25, 0.3) is 10.0 Å². The Morgan fingerprint density at radius 2 is 1.63 bits per heavy atom. The van der Waals surface area contributed by atoms with Crippen molar-refractivity contribution in [1.82, 2.24) is 0 Å². The summed E-state index contributed by atoms with van der Waals surface area (Å²) in [5, 5.41) is 2.83. The van der Waals surface area contributed by atoms with Gasteiger partial charge in [-0.15, -0.1) is 0 Å². The quantitative estimate of drug-likeness (QED) is 0.644. The molecule has 7 nitrogen and oxygen atoms in total. The first-order valence-corrected chi connectivity index (χ1v) is 11.5. The van der Waals surface area contributed by atoms with Gasteiger partial charge in [-0.05, 0) is 61.2 Å². The molecule has 2 aromatic rings. The highest BCUT2D eigenvalue weighted by atomic mass is 32.2. The van der Waals surface area contributed by atoms with Crippen molar-refractivity contribution >= 4 is 27.3 Å². The summed E-state index contributed by atoms with van der Waals surface area (Å²) in [4.78, 5) is 12.4. The van der Waals surface area contributed by atoms with Gasteiger partial charge in [-0.2, -0.15) is 0 Å². The highest BCUT2D eigenvalue weighted by molar-refractivity contribution is 7.92. The highest BCUT2D eigenvalue weighted by Gasteiger charge is 2.22. The Hall–Kier alpha value is -2.74. The number of sulfonamides is 1. The first-order valence-electron chi connectivity index (χ1n) is 10.1. The monoisotopic (exact) mass is 432 g/mol. The molecule has 162 valence electrons. The molecule has 1 aliphatic rings. The Bertz CT molecular complexity index is 968. The minimum absolute atomic E-state index is 0.0451. The summed E-state index contributed by atoms with van der Waals surface area (Å²) >= 11 is 0. The fourth-order valence-corrected chi connectivity index (χ4v) is 4.95. The van der Waals surface area contributed by atoms with Crippen LogP contribution in [0.3, 0.4) is 0 Å². The summed E-state index contributed by atoms with van der Waals surface area (Å²) in [6.45, 7) is 0. The van der Waals surface area contributed by atoms with Crippen molar-refractivity contribution in [2.24, 2.45) is 5.92 Å². The SMILES string of the molecule is COc1ccc(NS(=O)(=O)c2cc(NC(=O)CC3CCCCC3)ccc2OC)cc1. The van der Waals surface area contributed by atoms with Crippen molar-refractivity contribution < 1.29 is 22.7 Å². The molecule has 2 N–H and O–H groups in total. The number of anilines is 2. The molecule has 0 saturated heterocycles. The van der Waals surface area contributed by atoms with Crippen LogP contribution in [-0.2, 0) is 14.8 Å². The lowest BCUT2D eigenvalue weighted by Gasteiger charge is -2.21. The summed E-state index contributed by atoms with van der Waals surface area (Å²) in [6, 6.07) is 11.2. The van der Waals surface area contributed by atoms with Crippen molar-refractivity contribution in [3.8, 4) is 11.5 Å². The minimum Gasteiger partial charge on any atom is -0.497 e. The van der Waals surface area contributed by atoms with Gasteiger partial charge in [0, 0.05) is 17.8 Å². The van der Waals surface area contributed by atoms with Crippen LogP contribution in [0.25, 0.3) is 0 Å². The van der Waals surface area contributed by atoms with E-state index in [9.17, 15) is 13.2 Å². The molecule has 30 heavy (non-hydrogen) atoms. The molecule has 1 saturated carbocycles. The van der Waals surface area contributed by atoms with E-state index in [1.807, 2.05) is 0 Å². The number of nitrogens with one attached hydrogen (secondary N) is 2. The van der Waals surface area contributed by atoms with Gasteiger partial charge in [0.2, 0.25) is 5.91 Å². The average Bonchev–Trinajstić information content (AvgIpc) is 2.74. The van der Waals surface area contributed by atoms with Gasteiger partial charge in [0.1, 0.15) is 16.4 Å².